The van der Waals surface area contributed by atoms with E-state index >= 15 is 0 Å². The third-order valence-corrected chi connectivity index (χ3v) is 3.61. The molecule has 1 aliphatic rings. The van der Waals surface area contributed by atoms with Crippen LogP contribution in [-0.2, 0) is 13.0 Å². The summed E-state index contributed by atoms with van der Waals surface area (Å²) in [7, 11) is 0. The quantitative estimate of drug-likeness (QED) is 0.882. The Morgan fingerprint density at radius 3 is 2.63 bits per heavy atom. The first-order valence-corrected chi connectivity index (χ1v) is 7.38. The first-order valence-electron chi connectivity index (χ1n) is 7.38. The van der Waals surface area contributed by atoms with Crippen molar-refractivity contribution in [1.29, 1.82) is 0 Å². The summed E-state index contributed by atoms with van der Waals surface area (Å²) in [4.78, 5) is 14.5. The van der Waals surface area contributed by atoms with Crippen LogP contribution in [0, 0.1) is 0 Å². The number of amides is 1. The predicted octanol–water partition coefficient (Wildman–Crippen LogP) is 2.59. The highest BCUT2D eigenvalue weighted by Gasteiger charge is 2.16. The first-order chi connectivity index (χ1) is 9.26. The number of carbonyl (C=O) groups is 1. The average Bonchev–Trinajstić information content (AvgIpc) is 2.46. The molecule has 0 radical (unpaired) electrons. The van der Waals surface area contributed by atoms with Gasteiger partial charge in [0.25, 0.3) is 5.91 Å². The molecule has 104 valence electrons. The largest absolute Gasteiger partial charge is 0.339 e. The van der Waals surface area contributed by atoms with E-state index in [-0.39, 0.29) is 5.91 Å². The SMILES string of the molecule is CCCN(CCC)C(=O)c1ccc2c(c1)CNCC2. The summed E-state index contributed by atoms with van der Waals surface area (Å²) in [5, 5.41) is 3.36. The molecular formula is C16H24N2O. The topological polar surface area (TPSA) is 32.3 Å². The van der Waals surface area contributed by atoms with Crippen LogP contribution in [0.15, 0.2) is 18.2 Å². The van der Waals surface area contributed by atoms with Gasteiger partial charge in [-0.05, 0) is 49.1 Å². The average molecular weight is 260 g/mol. The summed E-state index contributed by atoms with van der Waals surface area (Å²) in [5.74, 6) is 0.178. The van der Waals surface area contributed by atoms with Crippen molar-refractivity contribution in [3.05, 3.63) is 34.9 Å². The Morgan fingerprint density at radius 1 is 1.21 bits per heavy atom. The van der Waals surface area contributed by atoms with E-state index in [0.29, 0.717) is 0 Å². The van der Waals surface area contributed by atoms with Gasteiger partial charge < -0.3 is 10.2 Å². The summed E-state index contributed by atoms with van der Waals surface area (Å²) in [5.41, 5.74) is 3.50. The van der Waals surface area contributed by atoms with Crippen LogP contribution in [0.3, 0.4) is 0 Å². The number of carbonyl (C=O) groups excluding carboxylic acids is 1. The van der Waals surface area contributed by atoms with E-state index in [1.165, 1.54) is 11.1 Å². The van der Waals surface area contributed by atoms with E-state index in [2.05, 4.69) is 31.3 Å². The Labute approximate surface area is 116 Å². The minimum absolute atomic E-state index is 0.178. The summed E-state index contributed by atoms with van der Waals surface area (Å²) in [6.45, 7) is 7.86. The maximum Gasteiger partial charge on any atom is 0.253 e. The molecule has 3 heteroatoms. The molecule has 19 heavy (non-hydrogen) atoms. The second-order valence-corrected chi connectivity index (χ2v) is 5.20. The highest BCUT2D eigenvalue weighted by atomic mass is 16.2. The van der Waals surface area contributed by atoms with Gasteiger partial charge in [0.05, 0.1) is 0 Å². The Kier molecular flexibility index (Phi) is 4.97. The van der Waals surface area contributed by atoms with E-state index < -0.39 is 0 Å². The molecule has 0 spiro atoms. The number of benzene rings is 1. The molecule has 0 aliphatic carbocycles. The third kappa shape index (κ3) is 3.35. The van der Waals surface area contributed by atoms with Crippen molar-refractivity contribution < 1.29 is 4.79 Å². The molecular weight excluding hydrogens is 236 g/mol. The molecule has 3 nitrogen and oxygen atoms in total. The minimum Gasteiger partial charge on any atom is -0.339 e. The van der Waals surface area contributed by atoms with Gasteiger partial charge in [-0.2, -0.15) is 0 Å². The fraction of sp³-hybridized carbons (Fsp3) is 0.562. The van der Waals surface area contributed by atoms with Crippen molar-refractivity contribution in [1.82, 2.24) is 10.2 Å². The standard InChI is InChI=1S/C16H24N2O/c1-3-9-18(10-4-2)16(19)14-6-5-13-7-8-17-12-15(13)11-14/h5-6,11,17H,3-4,7-10,12H2,1-2H3. The molecule has 2 rings (SSSR count). The molecule has 0 bridgehead atoms. The summed E-state index contributed by atoms with van der Waals surface area (Å²) >= 11 is 0. The van der Waals surface area contributed by atoms with Crippen molar-refractivity contribution in [2.45, 2.75) is 39.7 Å². The van der Waals surface area contributed by atoms with Crippen molar-refractivity contribution in [3.8, 4) is 0 Å². The zero-order chi connectivity index (χ0) is 13.7. The first kappa shape index (κ1) is 14.1. The van der Waals surface area contributed by atoms with Gasteiger partial charge >= 0.3 is 0 Å². The van der Waals surface area contributed by atoms with E-state index in [1.54, 1.807) is 0 Å². The van der Waals surface area contributed by atoms with E-state index in [1.807, 2.05) is 11.0 Å². The Bertz CT molecular complexity index is 436. The Hall–Kier alpha value is -1.35. The lowest BCUT2D eigenvalue weighted by atomic mass is 9.98. The van der Waals surface area contributed by atoms with Crippen LogP contribution in [0.1, 0.15) is 48.2 Å². The van der Waals surface area contributed by atoms with Crippen LogP contribution in [0.2, 0.25) is 0 Å². The number of hydrogen-bond donors (Lipinski definition) is 1. The molecule has 1 heterocycles. The number of hydrogen-bond acceptors (Lipinski definition) is 2. The van der Waals surface area contributed by atoms with Gasteiger partial charge in [-0.25, -0.2) is 0 Å². The van der Waals surface area contributed by atoms with Gasteiger partial charge in [0, 0.05) is 25.2 Å². The molecule has 1 amide bonds. The van der Waals surface area contributed by atoms with Gasteiger partial charge in [0.15, 0.2) is 0 Å². The molecule has 1 N–H and O–H groups in total. The van der Waals surface area contributed by atoms with Crippen LogP contribution in [0.25, 0.3) is 0 Å². The summed E-state index contributed by atoms with van der Waals surface area (Å²) < 4.78 is 0. The monoisotopic (exact) mass is 260 g/mol. The van der Waals surface area contributed by atoms with Gasteiger partial charge in [-0.3, -0.25) is 4.79 Å². The highest BCUT2D eigenvalue weighted by molar-refractivity contribution is 5.94. The normalized spacial score (nSPS) is 14.0. The molecule has 0 unspecified atom stereocenters. The fourth-order valence-corrected chi connectivity index (χ4v) is 2.65. The molecule has 0 fully saturated rings. The van der Waals surface area contributed by atoms with Crippen molar-refractivity contribution in [2.75, 3.05) is 19.6 Å². The lowest BCUT2D eigenvalue weighted by Crippen LogP contribution is -2.33. The van der Waals surface area contributed by atoms with Crippen molar-refractivity contribution in [3.63, 3.8) is 0 Å². The van der Waals surface area contributed by atoms with E-state index in [4.69, 9.17) is 0 Å². The molecule has 0 aromatic heterocycles. The highest BCUT2D eigenvalue weighted by Crippen LogP contribution is 2.17. The van der Waals surface area contributed by atoms with Crippen LogP contribution < -0.4 is 5.32 Å². The van der Waals surface area contributed by atoms with Crippen LogP contribution in [0.5, 0.6) is 0 Å². The molecule has 0 atom stereocenters. The second-order valence-electron chi connectivity index (χ2n) is 5.20. The van der Waals surface area contributed by atoms with Crippen molar-refractivity contribution in [2.24, 2.45) is 0 Å². The second kappa shape index (κ2) is 6.71. The number of nitrogens with zero attached hydrogens (tertiary/aromatic N) is 1. The zero-order valence-electron chi connectivity index (χ0n) is 12.0. The number of rotatable bonds is 5. The molecule has 0 saturated carbocycles. The Morgan fingerprint density at radius 2 is 1.95 bits per heavy atom. The van der Waals surface area contributed by atoms with Crippen LogP contribution >= 0.6 is 0 Å². The maximum absolute atomic E-state index is 12.5. The van der Waals surface area contributed by atoms with Gasteiger partial charge in [0.1, 0.15) is 0 Å². The predicted molar refractivity (Wildman–Crippen MR) is 78.3 cm³/mol. The van der Waals surface area contributed by atoms with Gasteiger partial charge in [-0.15, -0.1) is 0 Å². The summed E-state index contributed by atoms with van der Waals surface area (Å²) in [6.07, 6.45) is 3.09. The zero-order valence-corrected chi connectivity index (χ0v) is 12.0. The molecule has 1 aliphatic heterocycles. The lowest BCUT2D eigenvalue weighted by molar-refractivity contribution is 0.0755. The Balaban J connectivity index is 2.17. The van der Waals surface area contributed by atoms with Crippen LogP contribution in [-0.4, -0.2) is 30.4 Å². The number of fused-ring (bicyclic) bond motifs is 1. The maximum atomic E-state index is 12.5. The van der Waals surface area contributed by atoms with Gasteiger partial charge in [0.2, 0.25) is 0 Å². The minimum atomic E-state index is 0.178. The van der Waals surface area contributed by atoms with Gasteiger partial charge in [-0.1, -0.05) is 19.9 Å². The third-order valence-electron chi connectivity index (χ3n) is 3.61. The van der Waals surface area contributed by atoms with E-state index in [0.717, 1.165) is 51.0 Å². The fourth-order valence-electron chi connectivity index (χ4n) is 2.65. The summed E-state index contributed by atoms with van der Waals surface area (Å²) in [6, 6.07) is 6.19. The lowest BCUT2D eigenvalue weighted by Gasteiger charge is -2.23. The number of nitrogens with one attached hydrogen (secondary N) is 1. The molecule has 1 aromatic carbocycles. The van der Waals surface area contributed by atoms with Crippen molar-refractivity contribution >= 4 is 5.91 Å². The molecule has 1 aromatic rings. The van der Waals surface area contributed by atoms with E-state index in [9.17, 15) is 4.79 Å². The smallest absolute Gasteiger partial charge is 0.253 e. The van der Waals surface area contributed by atoms with Crippen LogP contribution in [0.4, 0.5) is 0 Å². The molecule has 0 saturated heterocycles.